The molecule has 2 aliphatic rings. The average Bonchev–Trinajstić information content (AvgIpc) is 2.72. The van der Waals surface area contributed by atoms with E-state index < -0.39 is 9.84 Å². The molecule has 14 heavy (non-hydrogen) atoms. The Kier molecular flexibility index (Phi) is 3.12. The van der Waals surface area contributed by atoms with Crippen molar-refractivity contribution in [3.63, 3.8) is 0 Å². The van der Waals surface area contributed by atoms with E-state index in [2.05, 4.69) is 5.32 Å². The Morgan fingerprint density at radius 1 is 0.929 bits per heavy atom. The number of sulfone groups is 1. The van der Waals surface area contributed by atoms with Gasteiger partial charge in [0.1, 0.15) is 5.37 Å². The molecule has 0 aromatic rings. The van der Waals surface area contributed by atoms with Gasteiger partial charge in [0, 0.05) is 0 Å². The Morgan fingerprint density at radius 3 is 2.14 bits per heavy atom. The van der Waals surface area contributed by atoms with Crippen molar-refractivity contribution in [3.05, 3.63) is 0 Å². The lowest BCUT2D eigenvalue weighted by molar-refractivity contribution is 0.455. The van der Waals surface area contributed by atoms with Gasteiger partial charge in [-0.2, -0.15) is 0 Å². The highest BCUT2D eigenvalue weighted by Gasteiger charge is 2.35. The quantitative estimate of drug-likeness (QED) is 0.761. The number of hydrogen-bond donors (Lipinski definition) is 1. The molecular weight excluding hydrogens is 198 g/mol. The summed E-state index contributed by atoms with van der Waals surface area (Å²) in [6.45, 7) is 0.872. The summed E-state index contributed by atoms with van der Waals surface area (Å²) >= 11 is 0. The topological polar surface area (TPSA) is 46.2 Å². The number of nitrogens with one attached hydrogen (secondary N) is 1. The fraction of sp³-hybridized carbons (Fsp3) is 1.00. The molecule has 3 nitrogen and oxygen atoms in total. The van der Waals surface area contributed by atoms with E-state index in [1.54, 1.807) is 0 Å². The molecule has 1 aliphatic carbocycles. The molecule has 4 heteroatoms. The van der Waals surface area contributed by atoms with Gasteiger partial charge in [0.25, 0.3) is 0 Å². The van der Waals surface area contributed by atoms with Gasteiger partial charge in [-0.05, 0) is 38.6 Å². The van der Waals surface area contributed by atoms with Gasteiger partial charge in [0.2, 0.25) is 0 Å². The first-order valence-corrected chi connectivity index (χ1v) is 7.28. The molecule has 2 rings (SSSR count). The third kappa shape index (κ3) is 1.96. The maximum atomic E-state index is 12.1. The predicted molar refractivity (Wildman–Crippen MR) is 56.8 cm³/mol. The number of rotatable bonds is 2. The molecule has 0 radical (unpaired) electrons. The van der Waals surface area contributed by atoms with Crippen molar-refractivity contribution in [2.24, 2.45) is 0 Å². The number of piperidine rings is 1. The van der Waals surface area contributed by atoms with Gasteiger partial charge < -0.3 is 5.32 Å². The largest absolute Gasteiger partial charge is 0.301 e. The second kappa shape index (κ2) is 4.19. The van der Waals surface area contributed by atoms with Crippen LogP contribution in [-0.4, -0.2) is 25.6 Å². The van der Waals surface area contributed by atoms with Crippen LogP contribution < -0.4 is 5.32 Å². The summed E-state index contributed by atoms with van der Waals surface area (Å²) in [5.41, 5.74) is 0. The molecule has 1 saturated heterocycles. The van der Waals surface area contributed by atoms with Crippen molar-refractivity contribution >= 4 is 9.84 Å². The zero-order valence-corrected chi connectivity index (χ0v) is 9.35. The fourth-order valence-electron chi connectivity index (χ4n) is 2.55. The highest BCUT2D eigenvalue weighted by Crippen LogP contribution is 2.28. The van der Waals surface area contributed by atoms with Crippen molar-refractivity contribution in [2.75, 3.05) is 6.54 Å². The lowest BCUT2D eigenvalue weighted by atomic mass is 10.2. The highest BCUT2D eigenvalue weighted by atomic mass is 32.2. The van der Waals surface area contributed by atoms with E-state index in [9.17, 15) is 8.42 Å². The van der Waals surface area contributed by atoms with Gasteiger partial charge >= 0.3 is 0 Å². The molecular formula is C10H19NO2S. The number of hydrogen-bond acceptors (Lipinski definition) is 3. The van der Waals surface area contributed by atoms with Crippen LogP contribution in [0.4, 0.5) is 0 Å². The molecule has 82 valence electrons. The second-order valence-corrected chi connectivity index (χ2v) is 6.85. The van der Waals surface area contributed by atoms with Crippen LogP contribution in [-0.2, 0) is 9.84 Å². The lowest BCUT2D eigenvalue weighted by Crippen LogP contribution is -2.44. The Balaban J connectivity index is 2.05. The molecule has 1 saturated carbocycles. The fourth-order valence-corrected chi connectivity index (χ4v) is 4.85. The Hall–Kier alpha value is -0.0900. The van der Waals surface area contributed by atoms with E-state index in [4.69, 9.17) is 0 Å². The first kappa shape index (κ1) is 10.4. The minimum Gasteiger partial charge on any atom is -0.301 e. The molecule has 0 aromatic carbocycles. The van der Waals surface area contributed by atoms with E-state index in [0.717, 1.165) is 51.5 Å². The minimum absolute atomic E-state index is 0.0434. The second-order valence-electron chi connectivity index (χ2n) is 4.43. The van der Waals surface area contributed by atoms with E-state index in [1.165, 1.54) is 0 Å². The first-order valence-electron chi connectivity index (χ1n) is 5.67. The van der Waals surface area contributed by atoms with E-state index in [1.807, 2.05) is 0 Å². The smallest absolute Gasteiger partial charge is 0.168 e. The van der Waals surface area contributed by atoms with Gasteiger partial charge in [-0.3, -0.25) is 0 Å². The molecule has 2 fully saturated rings. The van der Waals surface area contributed by atoms with Crippen molar-refractivity contribution in [2.45, 2.75) is 55.6 Å². The molecule has 1 N–H and O–H groups in total. The molecule has 0 aromatic heterocycles. The summed E-state index contributed by atoms with van der Waals surface area (Å²) in [5, 5.41) is 2.87. The summed E-state index contributed by atoms with van der Waals surface area (Å²) in [6.07, 6.45) is 6.97. The van der Waals surface area contributed by atoms with Gasteiger partial charge in [0.15, 0.2) is 9.84 Å². The predicted octanol–water partition coefficient (Wildman–Crippen LogP) is 1.44. The van der Waals surface area contributed by atoms with Crippen LogP contribution in [0.1, 0.15) is 44.9 Å². The third-order valence-electron chi connectivity index (χ3n) is 3.43. The average molecular weight is 217 g/mol. The Labute approximate surface area is 86.2 Å². The van der Waals surface area contributed by atoms with Crippen LogP contribution in [0.25, 0.3) is 0 Å². The SMILES string of the molecule is O=S(=O)(C1CCCC1)C1CCCCN1. The monoisotopic (exact) mass is 217 g/mol. The summed E-state index contributed by atoms with van der Waals surface area (Å²) < 4.78 is 24.3. The van der Waals surface area contributed by atoms with Gasteiger partial charge in [-0.15, -0.1) is 0 Å². The van der Waals surface area contributed by atoms with Crippen LogP contribution in [0, 0.1) is 0 Å². The summed E-state index contributed by atoms with van der Waals surface area (Å²) in [5.74, 6) is 0. The van der Waals surface area contributed by atoms with Crippen molar-refractivity contribution in [1.82, 2.24) is 5.32 Å². The van der Waals surface area contributed by atoms with Crippen molar-refractivity contribution < 1.29 is 8.42 Å². The van der Waals surface area contributed by atoms with Crippen LogP contribution in [0.5, 0.6) is 0 Å². The minimum atomic E-state index is -2.87. The third-order valence-corrected chi connectivity index (χ3v) is 6.02. The van der Waals surface area contributed by atoms with Crippen LogP contribution >= 0.6 is 0 Å². The van der Waals surface area contributed by atoms with Gasteiger partial charge in [-0.25, -0.2) is 8.42 Å². The zero-order chi connectivity index (χ0) is 10.0. The molecule has 1 atom stereocenters. The summed E-state index contributed by atoms with van der Waals surface area (Å²) in [4.78, 5) is 0. The molecule has 0 bridgehead atoms. The Bertz CT molecular complexity index is 274. The van der Waals surface area contributed by atoms with Crippen LogP contribution in [0.2, 0.25) is 0 Å². The van der Waals surface area contributed by atoms with Crippen molar-refractivity contribution in [3.8, 4) is 0 Å². The molecule has 1 aliphatic heterocycles. The van der Waals surface area contributed by atoms with Gasteiger partial charge in [-0.1, -0.05) is 12.8 Å². The van der Waals surface area contributed by atoms with Crippen LogP contribution in [0.3, 0.4) is 0 Å². The van der Waals surface area contributed by atoms with Crippen molar-refractivity contribution in [1.29, 1.82) is 0 Å². The summed E-state index contributed by atoms with van der Waals surface area (Å²) in [7, 11) is -2.87. The standard InChI is InChI=1S/C10H19NO2S/c12-14(13,9-5-1-2-6-9)10-7-3-4-8-11-10/h9-11H,1-8H2. The lowest BCUT2D eigenvalue weighted by Gasteiger charge is -2.26. The maximum absolute atomic E-state index is 12.1. The molecule has 1 unspecified atom stereocenters. The van der Waals surface area contributed by atoms with Crippen LogP contribution in [0.15, 0.2) is 0 Å². The molecule has 0 spiro atoms. The zero-order valence-electron chi connectivity index (χ0n) is 8.54. The molecule has 1 heterocycles. The van der Waals surface area contributed by atoms with E-state index >= 15 is 0 Å². The Morgan fingerprint density at radius 2 is 1.57 bits per heavy atom. The normalized spacial score (nSPS) is 30.7. The van der Waals surface area contributed by atoms with Gasteiger partial charge in [0.05, 0.1) is 5.25 Å². The van der Waals surface area contributed by atoms with E-state index in [-0.39, 0.29) is 10.6 Å². The van der Waals surface area contributed by atoms with E-state index in [0.29, 0.717) is 0 Å². The molecule has 0 amide bonds. The first-order chi connectivity index (χ1) is 6.71. The summed E-state index contributed by atoms with van der Waals surface area (Å²) in [6, 6.07) is 0. The maximum Gasteiger partial charge on any atom is 0.168 e. The highest BCUT2D eigenvalue weighted by molar-refractivity contribution is 7.92.